The van der Waals surface area contributed by atoms with Gasteiger partial charge in [-0.1, -0.05) is 49.2 Å². The van der Waals surface area contributed by atoms with Gasteiger partial charge >= 0.3 is 0 Å². The minimum Gasteiger partial charge on any atom is -0.366 e. The Morgan fingerprint density at radius 2 is 0.935 bits per heavy atom. The number of hydrogen-bond donors (Lipinski definition) is 6. The average molecular weight is 938 g/mol. The van der Waals surface area contributed by atoms with Crippen molar-refractivity contribution in [1.29, 1.82) is 0 Å². The van der Waals surface area contributed by atoms with E-state index in [1.165, 1.54) is 38.1 Å². The lowest BCUT2D eigenvalue weighted by Gasteiger charge is -2.27. The summed E-state index contributed by atoms with van der Waals surface area (Å²) >= 11 is 11.9. The molecular formula is C41H44Cl2F2N6O9S2. The smallest absolute Gasteiger partial charge is 0.250 e. The summed E-state index contributed by atoms with van der Waals surface area (Å²) < 4.78 is 90.2. The lowest BCUT2D eigenvalue weighted by Crippen LogP contribution is -2.52. The SMILES string of the molecule is Cc1ccc(F)c([C@@H](C)[C@H](NS(=O)(=O)c2ccc(Cl)cc2C(N)=O)C(=O)NCC(=O)CNC(=O)[C@@H](NS(=O)(=O)c2ccc(Cl)cc2C(N)=O)[C@H](C)c2c(F)ccc(C)c2C)c1C. The van der Waals surface area contributed by atoms with Gasteiger partial charge in [0.1, 0.15) is 23.7 Å². The van der Waals surface area contributed by atoms with Crippen molar-refractivity contribution in [1.82, 2.24) is 20.1 Å². The first kappa shape index (κ1) is 49.3. The summed E-state index contributed by atoms with van der Waals surface area (Å²) in [7, 11) is -9.58. The number of carbonyl (C=O) groups is 5. The first-order chi connectivity index (χ1) is 28.8. The number of halogens is 4. The molecule has 4 aromatic rings. The van der Waals surface area contributed by atoms with Crippen LogP contribution < -0.4 is 31.5 Å². The number of rotatable bonds is 18. The van der Waals surface area contributed by atoms with E-state index in [0.29, 0.717) is 22.3 Å². The Bertz CT molecular complexity index is 2520. The number of carbonyl (C=O) groups excluding carboxylic acids is 5. The fourth-order valence-electron chi connectivity index (χ4n) is 6.80. The van der Waals surface area contributed by atoms with Gasteiger partial charge in [-0.3, -0.25) is 24.0 Å². The zero-order valence-corrected chi connectivity index (χ0v) is 37.3. The lowest BCUT2D eigenvalue weighted by molar-refractivity contribution is -0.128. The highest BCUT2D eigenvalue weighted by Crippen LogP contribution is 2.32. The van der Waals surface area contributed by atoms with Gasteiger partial charge in [0.2, 0.25) is 43.7 Å². The van der Waals surface area contributed by atoms with Crippen LogP contribution in [-0.4, -0.2) is 71.4 Å². The molecule has 21 heteroatoms. The van der Waals surface area contributed by atoms with Crippen LogP contribution in [0.5, 0.6) is 0 Å². The van der Waals surface area contributed by atoms with Crippen molar-refractivity contribution in [2.45, 2.75) is 75.3 Å². The molecule has 0 aliphatic heterocycles. The number of sulfonamides is 2. The number of hydrogen-bond acceptors (Lipinski definition) is 9. The Hall–Kier alpha value is -5.31. The summed E-state index contributed by atoms with van der Waals surface area (Å²) in [6.45, 7) is 7.55. The predicted octanol–water partition coefficient (Wildman–Crippen LogP) is 4.11. The van der Waals surface area contributed by atoms with Crippen molar-refractivity contribution >= 4 is 72.7 Å². The van der Waals surface area contributed by atoms with Crippen LogP contribution in [0.2, 0.25) is 10.0 Å². The van der Waals surface area contributed by atoms with Gasteiger partial charge in [0.15, 0.2) is 5.78 Å². The van der Waals surface area contributed by atoms with Gasteiger partial charge in [-0.25, -0.2) is 25.6 Å². The van der Waals surface area contributed by atoms with Crippen LogP contribution in [0.3, 0.4) is 0 Å². The van der Waals surface area contributed by atoms with Crippen LogP contribution >= 0.6 is 23.2 Å². The first-order valence-corrected chi connectivity index (χ1v) is 22.3. The monoisotopic (exact) mass is 936 g/mol. The average Bonchev–Trinajstić information content (AvgIpc) is 3.19. The van der Waals surface area contributed by atoms with Crippen LogP contribution in [0.25, 0.3) is 0 Å². The first-order valence-electron chi connectivity index (χ1n) is 18.6. The van der Waals surface area contributed by atoms with E-state index in [4.69, 9.17) is 34.7 Å². The fourth-order valence-corrected chi connectivity index (χ4v) is 10.1. The van der Waals surface area contributed by atoms with Gasteiger partial charge in [-0.2, -0.15) is 9.44 Å². The number of nitrogens with two attached hydrogens (primary N) is 2. The van der Waals surface area contributed by atoms with E-state index in [1.54, 1.807) is 27.7 Å². The largest absolute Gasteiger partial charge is 0.366 e. The molecule has 4 amide bonds. The highest BCUT2D eigenvalue weighted by Gasteiger charge is 2.37. The van der Waals surface area contributed by atoms with E-state index < -0.39 is 119 Å². The van der Waals surface area contributed by atoms with Crippen LogP contribution in [-0.2, 0) is 34.4 Å². The number of amides is 4. The summed E-state index contributed by atoms with van der Waals surface area (Å²) in [5, 5.41) is 4.56. The van der Waals surface area contributed by atoms with Crippen LogP contribution in [0.4, 0.5) is 8.78 Å². The molecule has 0 spiro atoms. The summed E-state index contributed by atoms with van der Waals surface area (Å²) in [6.07, 6.45) is 0. The molecule has 62 heavy (non-hydrogen) atoms. The zero-order valence-electron chi connectivity index (χ0n) is 34.2. The van der Waals surface area contributed by atoms with Crippen molar-refractivity contribution in [3.05, 3.63) is 127 Å². The Morgan fingerprint density at radius 1 is 0.597 bits per heavy atom. The van der Waals surface area contributed by atoms with Crippen LogP contribution in [0.1, 0.15) is 79.8 Å². The van der Waals surface area contributed by atoms with Crippen molar-refractivity contribution < 1.29 is 49.6 Å². The van der Waals surface area contributed by atoms with Crippen molar-refractivity contribution in [2.24, 2.45) is 11.5 Å². The Morgan fingerprint density at radius 3 is 1.26 bits per heavy atom. The number of primary amides is 2. The second-order valence-electron chi connectivity index (χ2n) is 14.6. The van der Waals surface area contributed by atoms with Gasteiger partial charge in [0.25, 0.3) is 0 Å². The topological polar surface area (TPSA) is 254 Å². The number of nitrogens with one attached hydrogen (secondary N) is 4. The van der Waals surface area contributed by atoms with Gasteiger partial charge in [0, 0.05) is 21.9 Å². The second kappa shape index (κ2) is 19.8. The van der Waals surface area contributed by atoms with E-state index in [2.05, 4.69) is 20.1 Å². The molecule has 0 unspecified atom stereocenters. The third-order valence-corrected chi connectivity index (χ3v) is 13.9. The van der Waals surface area contributed by atoms with Crippen molar-refractivity contribution in [2.75, 3.05) is 13.1 Å². The number of aryl methyl sites for hydroxylation is 2. The molecule has 0 bridgehead atoms. The number of ketones is 1. The third kappa shape index (κ3) is 11.2. The van der Waals surface area contributed by atoms with E-state index in [9.17, 15) is 40.8 Å². The molecule has 332 valence electrons. The van der Waals surface area contributed by atoms with E-state index in [1.807, 2.05) is 0 Å². The maximum absolute atomic E-state index is 15.4. The molecule has 0 aromatic heterocycles. The van der Waals surface area contributed by atoms with Crippen molar-refractivity contribution in [3.63, 3.8) is 0 Å². The standard InChI is InChI=1S/C41H44Cl2F2N6O9S2/c1-19-7-11-30(44)34(21(19)3)23(5)36(50-61(57,58)32-13-9-25(42)15-28(32)38(46)53)40(55)48-17-27(52)18-49-41(56)37(24(6)35-22(4)20(2)8-12-31(35)45)51-62(59,60)33-14-10-26(43)16-29(33)39(47)54/h7-16,23-24,36-37,50-51H,17-18H2,1-6H3,(H2,46,53)(H2,47,54)(H,48,55)(H,49,56)/t23-,24-,36+,37+/m1/s1. The molecule has 0 saturated carbocycles. The predicted molar refractivity (Wildman–Crippen MR) is 228 cm³/mol. The lowest BCUT2D eigenvalue weighted by atomic mass is 9.87. The quantitative estimate of drug-likeness (QED) is 0.0839. The molecule has 0 aliphatic rings. The Balaban J connectivity index is 1.63. The van der Waals surface area contributed by atoms with Crippen molar-refractivity contribution in [3.8, 4) is 0 Å². The molecule has 0 saturated heterocycles. The number of Topliss-reactive ketones (excluding diaryl/α,β-unsaturated/α-hetero) is 1. The molecular weight excluding hydrogens is 894 g/mol. The summed E-state index contributed by atoms with van der Waals surface area (Å²) in [6, 6.07) is 7.97. The Labute approximate surface area is 367 Å². The number of benzene rings is 4. The highest BCUT2D eigenvalue weighted by atomic mass is 35.5. The van der Waals surface area contributed by atoms with E-state index in [0.717, 1.165) is 36.4 Å². The summed E-state index contributed by atoms with van der Waals surface area (Å²) in [4.78, 5) is 64.1. The normalized spacial score (nSPS) is 13.7. The van der Waals surface area contributed by atoms with Gasteiger partial charge in [-0.15, -0.1) is 0 Å². The minimum absolute atomic E-state index is 0.0159. The van der Waals surface area contributed by atoms with Gasteiger partial charge < -0.3 is 22.1 Å². The molecule has 0 fully saturated rings. The van der Waals surface area contributed by atoms with Gasteiger partial charge in [0.05, 0.1) is 34.0 Å². The van der Waals surface area contributed by atoms with Crippen LogP contribution in [0.15, 0.2) is 70.5 Å². The minimum atomic E-state index is -4.79. The molecule has 15 nitrogen and oxygen atoms in total. The van der Waals surface area contributed by atoms with E-state index >= 15 is 8.78 Å². The van der Waals surface area contributed by atoms with Gasteiger partial charge in [-0.05, 0) is 110 Å². The summed E-state index contributed by atoms with van der Waals surface area (Å²) in [5.41, 5.74) is 11.8. The molecule has 4 rings (SSSR count). The molecule has 4 atom stereocenters. The van der Waals surface area contributed by atoms with Crippen LogP contribution in [0, 0.1) is 39.3 Å². The maximum Gasteiger partial charge on any atom is 0.250 e. The molecule has 4 aromatic carbocycles. The van der Waals surface area contributed by atoms with E-state index in [-0.39, 0.29) is 21.2 Å². The molecule has 0 aliphatic carbocycles. The molecule has 8 N–H and O–H groups in total. The molecule has 0 heterocycles. The maximum atomic E-state index is 15.4. The highest BCUT2D eigenvalue weighted by molar-refractivity contribution is 7.90. The zero-order chi connectivity index (χ0) is 46.6. The Kier molecular flexibility index (Phi) is 15.8. The second-order valence-corrected chi connectivity index (χ2v) is 18.8. The summed E-state index contributed by atoms with van der Waals surface area (Å²) in [5.74, 6) is -9.42. The molecule has 0 radical (unpaired) electrons. The third-order valence-electron chi connectivity index (χ3n) is 10.4. The fraction of sp³-hybridized carbons (Fsp3) is 0.293.